The molecular weight excluding hydrogens is 248 g/mol. The van der Waals surface area contributed by atoms with Gasteiger partial charge in [-0.15, -0.1) is 0 Å². The Kier molecular flexibility index (Phi) is 3.05. The van der Waals surface area contributed by atoms with Gasteiger partial charge in [-0.25, -0.2) is 18.4 Å². The van der Waals surface area contributed by atoms with E-state index in [9.17, 15) is 8.78 Å². The Hall–Kier alpha value is -1.78. The van der Waals surface area contributed by atoms with E-state index in [4.69, 9.17) is 0 Å². The van der Waals surface area contributed by atoms with Crippen molar-refractivity contribution >= 4 is 0 Å². The van der Waals surface area contributed by atoms with Gasteiger partial charge in [-0.05, 0) is 12.0 Å². The highest BCUT2D eigenvalue weighted by Gasteiger charge is 2.36. The number of benzene rings is 1. The highest BCUT2D eigenvalue weighted by Crippen LogP contribution is 2.39. The number of nitrogens with zero attached hydrogens (tertiary/aromatic N) is 3. The second-order valence-corrected chi connectivity index (χ2v) is 4.78. The van der Waals surface area contributed by atoms with Crippen molar-refractivity contribution in [3.63, 3.8) is 0 Å². The van der Waals surface area contributed by atoms with Crippen LogP contribution in [0.1, 0.15) is 55.4 Å². The van der Waals surface area contributed by atoms with Gasteiger partial charge in [0.2, 0.25) is 0 Å². The molecule has 0 saturated carbocycles. The Balaban J connectivity index is 1.99. The standard InChI is InChI=1S/C14H15F2N3/c1-2-10(15)13-17-14-11(16)8-12(19(14)18-13)9-6-4-3-5-7-9/h3-7,10-12H,2,8H2,1H3/t10?,11-,12-/m0/s1. The van der Waals surface area contributed by atoms with Crippen LogP contribution < -0.4 is 0 Å². The molecule has 2 heterocycles. The Labute approximate surface area is 110 Å². The van der Waals surface area contributed by atoms with Crippen LogP contribution in [0.15, 0.2) is 30.3 Å². The lowest BCUT2D eigenvalue weighted by atomic mass is 10.0. The molecule has 3 rings (SSSR count). The molecule has 19 heavy (non-hydrogen) atoms. The lowest BCUT2D eigenvalue weighted by molar-refractivity contribution is 0.304. The molecule has 0 bridgehead atoms. The van der Waals surface area contributed by atoms with Gasteiger partial charge >= 0.3 is 0 Å². The summed E-state index contributed by atoms with van der Waals surface area (Å²) in [6.45, 7) is 1.72. The van der Waals surface area contributed by atoms with Crippen LogP contribution >= 0.6 is 0 Å². The number of rotatable bonds is 3. The molecule has 3 nitrogen and oxygen atoms in total. The van der Waals surface area contributed by atoms with E-state index in [0.29, 0.717) is 12.8 Å². The molecule has 100 valence electrons. The fourth-order valence-electron chi connectivity index (χ4n) is 2.46. The predicted molar refractivity (Wildman–Crippen MR) is 67.2 cm³/mol. The topological polar surface area (TPSA) is 30.7 Å². The lowest BCUT2D eigenvalue weighted by Crippen LogP contribution is -2.08. The quantitative estimate of drug-likeness (QED) is 0.845. The van der Waals surface area contributed by atoms with Crippen LogP contribution in [0.5, 0.6) is 0 Å². The van der Waals surface area contributed by atoms with Crippen LogP contribution in [0, 0.1) is 0 Å². The first kappa shape index (κ1) is 12.3. The van der Waals surface area contributed by atoms with E-state index in [1.807, 2.05) is 30.3 Å². The molecule has 0 aliphatic carbocycles. The third-order valence-electron chi connectivity index (χ3n) is 3.50. The van der Waals surface area contributed by atoms with Crippen LogP contribution in [0.25, 0.3) is 0 Å². The van der Waals surface area contributed by atoms with Crippen LogP contribution in [0.3, 0.4) is 0 Å². The normalized spacial score (nSPS) is 23.3. The van der Waals surface area contributed by atoms with E-state index < -0.39 is 12.3 Å². The second kappa shape index (κ2) is 4.72. The summed E-state index contributed by atoms with van der Waals surface area (Å²) in [6, 6.07) is 9.40. The Morgan fingerprint density at radius 1 is 1.37 bits per heavy atom. The van der Waals surface area contributed by atoms with E-state index in [-0.39, 0.29) is 17.7 Å². The summed E-state index contributed by atoms with van der Waals surface area (Å²) < 4.78 is 29.1. The Morgan fingerprint density at radius 2 is 2.11 bits per heavy atom. The van der Waals surface area contributed by atoms with E-state index >= 15 is 0 Å². The Bertz CT molecular complexity index is 567. The van der Waals surface area contributed by atoms with E-state index in [1.165, 1.54) is 4.68 Å². The maximum Gasteiger partial charge on any atom is 0.185 e. The van der Waals surface area contributed by atoms with Gasteiger partial charge in [0, 0.05) is 6.42 Å². The van der Waals surface area contributed by atoms with Gasteiger partial charge in [0.25, 0.3) is 0 Å². The van der Waals surface area contributed by atoms with E-state index in [2.05, 4.69) is 10.1 Å². The third-order valence-corrected chi connectivity index (χ3v) is 3.50. The van der Waals surface area contributed by atoms with Gasteiger partial charge in [-0.1, -0.05) is 37.3 Å². The van der Waals surface area contributed by atoms with Crippen molar-refractivity contribution < 1.29 is 8.78 Å². The van der Waals surface area contributed by atoms with Gasteiger partial charge in [-0.3, -0.25) is 0 Å². The molecule has 0 N–H and O–H groups in total. The molecule has 0 radical (unpaired) electrons. The summed E-state index contributed by atoms with van der Waals surface area (Å²) in [5.41, 5.74) is 0.979. The van der Waals surface area contributed by atoms with Crippen molar-refractivity contribution in [2.45, 2.75) is 38.2 Å². The van der Waals surface area contributed by atoms with Crippen molar-refractivity contribution in [3.8, 4) is 0 Å². The molecule has 0 saturated heterocycles. The largest absolute Gasteiger partial charge is 0.239 e. The smallest absolute Gasteiger partial charge is 0.185 e. The van der Waals surface area contributed by atoms with Crippen molar-refractivity contribution in [2.75, 3.05) is 0 Å². The van der Waals surface area contributed by atoms with Crippen LogP contribution in [0.2, 0.25) is 0 Å². The van der Waals surface area contributed by atoms with Gasteiger partial charge in [-0.2, -0.15) is 5.10 Å². The Morgan fingerprint density at radius 3 is 2.79 bits per heavy atom. The summed E-state index contributed by atoms with van der Waals surface area (Å²) in [5, 5.41) is 4.16. The monoisotopic (exact) mass is 263 g/mol. The van der Waals surface area contributed by atoms with Crippen molar-refractivity contribution in [1.29, 1.82) is 0 Å². The first-order valence-electron chi connectivity index (χ1n) is 6.50. The van der Waals surface area contributed by atoms with Crippen molar-refractivity contribution in [1.82, 2.24) is 14.8 Å². The summed E-state index contributed by atoms with van der Waals surface area (Å²) in [5.74, 6) is 0.348. The van der Waals surface area contributed by atoms with Gasteiger partial charge in [0.05, 0.1) is 6.04 Å². The number of fused-ring (bicyclic) bond motifs is 1. The highest BCUT2D eigenvalue weighted by molar-refractivity contribution is 5.23. The van der Waals surface area contributed by atoms with Crippen molar-refractivity contribution in [2.24, 2.45) is 0 Å². The average Bonchev–Trinajstić information content (AvgIpc) is 3.00. The fourth-order valence-corrected chi connectivity index (χ4v) is 2.46. The van der Waals surface area contributed by atoms with E-state index in [0.717, 1.165) is 5.56 Å². The zero-order valence-electron chi connectivity index (χ0n) is 10.6. The molecule has 1 aromatic carbocycles. The maximum absolute atomic E-state index is 14.0. The molecule has 3 atom stereocenters. The third kappa shape index (κ3) is 2.03. The molecule has 1 aliphatic rings. The fraction of sp³-hybridized carbons (Fsp3) is 0.429. The summed E-state index contributed by atoms with van der Waals surface area (Å²) in [4.78, 5) is 4.02. The molecule has 0 amide bonds. The maximum atomic E-state index is 14.0. The number of alkyl halides is 2. The average molecular weight is 263 g/mol. The number of hydrogen-bond acceptors (Lipinski definition) is 2. The van der Waals surface area contributed by atoms with Crippen molar-refractivity contribution in [3.05, 3.63) is 47.5 Å². The van der Waals surface area contributed by atoms with Gasteiger partial charge < -0.3 is 0 Å². The van der Waals surface area contributed by atoms with Crippen LogP contribution in [-0.4, -0.2) is 14.8 Å². The van der Waals surface area contributed by atoms with Gasteiger partial charge in [0.15, 0.2) is 24.0 Å². The summed E-state index contributed by atoms with van der Waals surface area (Å²) in [7, 11) is 0. The molecule has 1 unspecified atom stereocenters. The lowest BCUT2D eigenvalue weighted by Gasteiger charge is -2.11. The SMILES string of the molecule is CCC(F)c1nc2n(n1)[C@H](c1ccccc1)C[C@@H]2F. The number of aromatic nitrogens is 3. The molecule has 0 spiro atoms. The molecule has 2 aromatic rings. The van der Waals surface area contributed by atoms with Crippen LogP contribution in [-0.2, 0) is 0 Å². The molecule has 5 heteroatoms. The molecule has 1 aromatic heterocycles. The summed E-state index contributed by atoms with van der Waals surface area (Å²) in [6.07, 6.45) is -1.77. The minimum absolute atomic E-state index is 0.0979. The minimum Gasteiger partial charge on any atom is -0.239 e. The first-order chi connectivity index (χ1) is 9.20. The van der Waals surface area contributed by atoms with E-state index in [1.54, 1.807) is 6.92 Å². The van der Waals surface area contributed by atoms with Crippen LogP contribution in [0.4, 0.5) is 8.78 Å². The highest BCUT2D eigenvalue weighted by atomic mass is 19.1. The zero-order valence-corrected chi connectivity index (χ0v) is 10.6. The first-order valence-corrected chi connectivity index (χ1v) is 6.50. The molecular formula is C14H15F2N3. The molecule has 0 fully saturated rings. The summed E-state index contributed by atoms with van der Waals surface area (Å²) >= 11 is 0. The van der Waals surface area contributed by atoms with Gasteiger partial charge in [0.1, 0.15) is 0 Å². The zero-order chi connectivity index (χ0) is 13.4. The minimum atomic E-state index is -1.22. The number of halogens is 2. The molecule has 1 aliphatic heterocycles. The number of hydrogen-bond donors (Lipinski definition) is 0. The second-order valence-electron chi connectivity index (χ2n) is 4.78. The predicted octanol–water partition coefficient (Wildman–Crippen LogP) is 3.70.